The largest absolute Gasteiger partial charge is 0.393 e. The average Bonchev–Trinajstić information content (AvgIpc) is 2.45. The molecule has 4 nitrogen and oxygen atoms in total. The highest BCUT2D eigenvalue weighted by Gasteiger charge is 2.13. The minimum absolute atomic E-state index is 0.299. The van der Waals surface area contributed by atoms with Crippen molar-refractivity contribution in [2.24, 2.45) is 5.73 Å². The zero-order valence-corrected chi connectivity index (χ0v) is 11.7. The molecule has 2 aromatic heterocycles. The topological polar surface area (TPSA) is 55.0 Å². The zero-order valence-electron chi connectivity index (χ0n) is 10.9. The molecule has 0 radical (unpaired) electrons. The van der Waals surface area contributed by atoms with Crippen LogP contribution in [0.3, 0.4) is 0 Å². The van der Waals surface area contributed by atoms with Gasteiger partial charge in [-0.05, 0) is 23.8 Å². The van der Waals surface area contributed by atoms with Gasteiger partial charge in [0.05, 0.1) is 4.99 Å². The van der Waals surface area contributed by atoms with Crippen LogP contribution < -0.4 is 10.6 Å². The Kier molecular flexibility index (Phi) is 4.95. The predicted molar refractivity (Wildman–Crippen MR) is 80.9 cm³/mol. The van der Waals surface area contributed by atoms with Gasteiger partial charge in [0.1, 0.15) is 0 Å². The van der Waals surface area contributed by atoms with Gasteiger partial charge < -0.3 is 10.6 Å². The lowest BCUT2D eigenvalue weighted by Crippen LogP contribution is -2.28. The van der Waals surface area contributed by atoms with Gasteiger partial charge in [0.25, 0.3) is 0 Å². The molecule has 0 aliphatic carbocycles. The summed E-state index contributed by atoms with van der Waals surface area (Å²) in [4.78, 5) is 10.4. The summed E-state index contributed by atoms with van der Waals surface area (Å²) >= 11 is 4.89. The predicted octanol–water partition coefficient (Wildman–Crippen LogP) is 2.30. The Bertz CT molecular complexity index is 576. The highest BCUT2D eigenvalue weighted by Crippen LogP contribution is 2.18. The molecule has 2 aromatic rings. The Morgan fingerprint density at radius 2 is 2.10 bits per heavy atom. The van der Waals surface area contributed by atoms with Crippen molar-refractivity contribution < 1.29 is 4.39 Å². The first-order valence-electron chi connectivity index (χ1n) is 6.19. The third kappa shape index (κ3) is 3.96. The summed E-state index contributed by atoms with van der Waals surface area (Å²) in [5, 5.41) is 0. The van der Waals surface area contributed by atoms with E-state index < -0.39 is 0 Å². The summed E-state index contributed by atoms with van der Waals surface area (Å²) in [6, 6.07) is 6.73. The van der Waals surface area contributed by atoms with Gasteiger partial charge in [0.15, 0.2) is 11.6 Å². The molecule has 0 aliphatic rings. The molecule has 20 heavy (non-hydrogen) atoms. The van der Waals surface area contributed by atoms with E-state index in [1.165, 1.54) is 6.07 Å². The first-order chi connectivity index (χ1) is 9.66. The third-order valence-corrected chi connectivity index (χ3v) is 2.97. The van der Waals surface area contributed by atoms with Gasteiger partial charge in [-0.2, -0.15) is 0 Å². The molecule has 0 aliphatic heterocycles. The summed E-state index contributed by atoms with van der Waals surface area (Å²) in [6.45, 7) is 1.02. The van der Waals surface area contributed by atoms with E-state index in [-0.39, 0.29) is 5.82 Å². The van der Waals surface area contributed by atoms with Gasteiger partial charge >= 0.3 is 0 Å². The maximum absolute atomic E-state index is 13.9. The molecule has 0 spiro atoms. The van der Waals surface area contributed by atoms with E-state index in [1.54, 1.807) is 24.7 Å². The smallest absolute Gasteiger partial charge is 0.165 e. The van der Waals surface area contributed by atoms with Crippen LogP contribution in [-0.4, -0.2) is 21.5 Å². The third-order valence-electron chi connectivity index (χ3n) is 2.76. The monoisotopic (exact) mass is 290 g/mol. The molecule has 0 atom stereocenters. The molecule has 2 heterocycles. The van der Waals surface area contributed by atoms with Crippen LogP contribution in [0.5, 0.6) is 0 Å². The number of nitrogens with zero attached hydrogens (tertiary/aromatic N) is 3. The number of anilines is 1. The van der Waals surface area contributed by atoms with Crippen LogP contribution >= 0.6 is 12.2 Å². The van der Waals surface area contributed by atoms with Crippen LogP contribution in [0, 0.1) is 5.82 Å². The van der Waals surface area contributed by atoms with Crippen molar-refractivity contribution in [1.29, 1.82) is 0 Å². The van der Waals surface area contributed by atoms with Crippen LogP contribution in [0.2, 0.25) is 0 Å². The molecule has 0 saturated heterocycles. The highest BCUT2D eigenvalue weighted by atomic mass is 32.1. The molecule has 2 rings (SSSR count). The summed E-state index contributed by atoms with van der Waals surface area (Å²) in [7, 11) is 0. The number of hydrogen-bond donors (Lipinski definition) is 1. The fourth-order valence-corrected chi connectivity index (χ4v) is 1.92. The number of pyridine rings is 2. The quantitative estimate of drug-likeness (QED) is 0.827. The van der Waals surface area contributed by atoms with Gasteiger partial charge in [-0.25, -0.2) is 9.37 Å². The molecule has 6 heteroatoms. The lowest BCUT2D eigenvalue weighted by molar-refractivity contribution is 0.608. The van der Waals surface area contributed by atoms with Crippen LogP contribution in [0.1, 0.15) is 12.0 Å². The number of rotatable bonds is 6. The second-order valence-electron chi connectivity index (χ2n) is 4.31. The second kappa shape index (κ2) is 6.91. The van der Waals surface area contributed by atoms with E-state index in [0.29, 0.717) is 30.3 Å². The SMILES string of the molecule is NC(=S)CCN(Cc1cccnc1)c1ncccc1F. The summed E-state index contributed by atoms with van der Waals surface area (Å²) < 4.78 is 13.9. The van der Waals surface area contributed by atoms with Crippen molar-refractivity contribution in [1.82, 2.24) is 9.97 Å². The zero-order chi connectivity index (χ0) is 14.4. The van der Waals surface area contributed by atoms with E-state index in [2.05, 4.69) is 9.97 Å². The van der Waals surface area contributed by atoms with E-state index >= 15 is 0 Å². The minimum atomic E-state index is -0.362. The van der Waals surface area contributed by atoms with Crippen molar-refractivity contribution in [3.05, 3.63) is 54.2 Å². The van der Waals surface area contributed by atoms with Gasteiger partial charge in [0, 0.05) is 38.1 Å². The lowest BCUT2D eigenvalue weighted by atomic mass is 10.2. The lowest BCUT2D eigenvalue weighted by Gasteiger charge is -2.23. The molecule has 0 amide bonds. The van der Waals surface area contributed by atoms with Crippen LogP contribution in [-0.2, 0) is 6.54 Å². The molecule has 0 saturated carbocycles. The molecule has 2 N–H and O–H groups in total. The Hall–Kier alpha value is -2.08. The summed E-state index contributed by atoms with van der Waals surface area (Å²) in [6.07, 6.45) is 5.51. The maximum Gasteiger partial charge on any atom is 0.165 e. The number of thiocarbonyl (C=S) groups is 1. The highest BCUT2D eigenvalue weighted by molar-refractivity contribution is 7.80. The van der Waals surface area contributed by atoms with Crippen molar-refractivity contribution in [2.45, 2.75) is 13.0 Å². The minimum Gasteiger partial charge on any atom is -0.393 e. The van der Waals surface area contributed by atoms with Crippen molar-refractivity contribution in [2.75, 3.05) is 11.4 Å². The summed E-state index contributed by atoms with van der Waals surface area (Å²) in [5.41, 5.74) is 6.50. The van der Waals surface area contributed by atoms with Crippen molar-refractivity contribution in [3.8, 4) is 0 Å². The van der Waals surface area contributed by atoms with E-state index in [9.17, 15) is 4.39 Å². The first-order valence-corrected chi connectivity index (χ1v) is 6.60. The van der Waals surface area contributed by atoms with Gasteiger partial charge in [-0.3, -0.25) is 4.98 Å². The van der Waals surface area contributed by atoms with Crippen LogP contribution in [0.15, 0.2) is 42.9 Å². The second-order valence-corrected chi connectivity index (χ2v) is 4.83. The van der Waals surface area contributed by atoms with Crippen LogP contribution in [0.25, 0.3) is 0 Å². The Morgan fingerprint density at radius 3 is 2.75 bits per heavy atom. The van der Waals surface area contributed by atoms with Gasteiger partial charge in [-0.15, -0.1) is 0 Å². The van der Waals surface area contributed by atoms with Crippen molar-refractivity contribution in [3.63, 3.8) is 0 Å². The Balaban J connectivity index is 2.20. The number of nitrogens with two attached hydrogens (primary N) is 1. The van der Waals surface area contributed by atoms with E-state index in [4.69, 9.17) is 18.0 Å². The molecule has 0 aromatic carbocycles. The van der Waals surface area contributed by atoms with E-state index in [1.807, 2.05) is 17.0 Å². The number of hydrogen-bond acceptors (Lipinski definition) is 4. The number of aromatic nitrogens is 2. The fourth-order valence-electron chi connectivity index (χ4n) is 1.83. The molecule has 0 bridgehead atoms. The maximum atomic E-state index is 13.9. The van der Waals surface area contributed by atoms with Crippen molar-refractivity contribution >= 4 is 23.0 Å². The summed E-state index contributed by atoms with van der Waals surface area (Å²) in [5.74, 6) is -0.0630. The Morgan fingerprint density at radius 1 is 1.30 bits per heavy atom. The number of halogens is 1. The van der Waals surface area contributed by atoms with E-state index in [0.717, 1.165) is 5.56 Å². The van der Waals surface area contributed by atoms with Gasteiger partial charge in [0.2, 0.25) is 0 Å². The fraction of sp³-hybridized carbons (Fsp3) is 0.214. The Labute approximate surface area is 122 Å². The van der Waals surface area contributed by atoms with Gasteiger partial charge in [-0.1, -0.05) is 18.3 Å². The molecule has 0 fully saturated rings. The first kappa shape index (κ1) is 14.3. The molecule has 0 unspecified atom stereocenters. The normalized spacial score (nSPS) is 10.2. The van der Waals surface area contributed by atoms with Crippen LogP contribution in [0.4, 0.5) is 10.2 Å². The average molecular weight is 290 g/mol. The molecular weight excluding hydrogens is 275 g/mol. The molecular formula is C14H15FN4S. The molecule has 104 valence electrons. The standard InChI is InChI=1S/C14H15FN4S/c15-12-4-2-7-18-14(12)19(8-5-13(16)20)10-11-3-1-6-17-9-11/h1-4,6-7,9H,5,8,10H2,(H2,16,20).